The van der Waals surface area contributed by atoms with Crippen LogP contribution in [0.5, 0.6) is 0 Å². The molecule has 10 heteroatoms. The molecule has 0 fully saturated rings. The Morgan fingerprint density at radius 1 is 1.00 bits per heavy atom. The van der Waals surface area contributed by atoms with Gasteiger partial charge in [-0.15, -0.1) is 0 Å². The molecule has 1 N–H and O–H groups in total. The number of hydrogen-bond acceptors (Lipinski definition) is 1. The van der Waals surface area contributed by atoms with Crippen LogP contribution in [-0.2, 0) is 6.18 Å². The molecule has 0 spiro atoms. The number of rotatable bonds is 5. The Labute approximate surface area is 159 Å². The lowest BCUT2D eigenvalue weighted by atomic mass is 9.91. The van der Waals surface area contributed by atoms with Gasteiger partial charge in [-0.05, 0) is 35.4 Å². The fraction of sp³-hybridized carbons (Fsp3) is 0.211. The van der Waals surface area contributed by atoms with Crippen molar-refractivity contribution in [1.29, 1.82) is 0 Å². The Hall–Kier alpha value is -2.91. The summed E-state index contributed by atoms with van der Waals surface area (Å²) in [5, 5.41) is 8.85. The van der Waals surface area contributed by atoms with Crippen molar-refractivity contribution in [1.82, 2.24) is 0 Å². The standard InChI is InChI=1S/C19H12F8O2/c1-18(23,24)12(10-7-14(20)16(22)15(21)8-10)5-3-9-2-4-11(17(28)29)13(6-9)19(25,26)27/h2-8,12H,1H3,(H,28,29). The molecule has 0 heterocycles. The van der Waals surface area contributed by atoms with Gasteiger partial charge in [0.15, 0.2) is 17.5 Å². The van der Waals surface area contributed by atoms with Crippen molar-refractivity contribution in [3.05, 3.63) is 76.1 Å². The average molecular weight is 424 g/mol. The Balaban J connectivity index is 2.52. The quantitative estimate of drug-likeness (QED) is 0.454. The summed E-state index contributed by atoms with van der Waals surface area (Å²) in [6.07, 6.45) is -3.50. The van der Waals surface area contributed by atoms with E-state index in [1.165, 1.54) is 0 Å². The van der Waals surface area contributed by atoms with E-state index in [0.29, 0.717) is 37.3 Å². The monoisotopic (exact) mass is 424 g/mol. The number of allylic oxidation sites excluding steroid dienone is 1. The molecule has 2 aromatic carbocycles. The Morgan fingerprint density at radius 2 is 1.55 bits per heavy atom. The minimum Gasteiger partial charge on any atom is -0.478 e. The fourth-order valence-corrected chi connectivity index (χ4v) is 2.62. The maximum Gasteiger partial charge on any atom is 0.417 e. The molecule has 2 aromatic rings. The highest BCUT2D eigenvalue weighted by Gasteiger charge is 2.36. The van der Waals surface area contributed by atoms with Gasteiger partial charge in [0.25, 0.3) is 5.92 Å². The van der Waals surface area contributed by atoms with Crippen molar-refractivity contribution in [2.24, 2.45) is 0 Å². The predicted octanol–water partition coefficient (Wildman–Crippen LogP) is 6.27. The molecule has 0 aliphatic carbocycles. The first-order valence-electron chi connectivity index (χ1n) is 7.87. The Kier molecular flexibility index (Phi) is 6.05. The van der Waals surface area contributed by atoms with E-state index < -0.39 is 58.1 Å². The van der Waals surface area contributed by atoms with Gasteiger partial charge < -0.3 is 5.11 Å². The van der Waals surface area contributed by atoms with Gasteiger partial charge in [-0.1, -0.05) is 18.2 Å². The van der Waals surface area contributed by atoms with E-state index in [2.05, 4.69) is 0 Å². The van der Waals surface area contributed by atoms with Crippen molar-refractivity contribution in [2.45, 2.75) is 24.9 Å². The second kappa shape index (κ2) is 7.84. The second-order valence-corrected chi connectivity index (χ2v) is 6.20. The van der Waals surface area contributed by atoms with E-state index in [9.17, 15) is 39.9 Å². The third-order valence-corrected chi connectivity index (χ3v) is 3.97. The molecule has 0 amide bonds. The lowest BCUT2D eigenvalue weighted by molar-refractivity contribution is -0.138. The van der Waals surface area contributed by atoms with Crippen LogP contribution in [0.4, 0.5) is 35.1 Å². The molecule has 0 radical (unpaired) electrons. The summed E-state index contributed by atoms with van der Waals surface area (Å²) in [7, 11) is 0. The van der Waals surface area contributed by atoms with Crippen LogP contribution in [0.3, 0.4) is 0 Å². The highest BCUT2D eigenvalue weighted by molar-refractivity contribution is 5.90. The third-order valence-electron chi connectivity index (χ3n) is 3.97. The average Bonchev–Trinajstić information content (AvgIpc) is 2.57. The van der Waals surface area contributed by atoms with Crippen molar-refractivity contribution in [2.75, 3.05) is 0 Å². The zero-order valence-electron chi connectivity index (χ0n) is 14.5. The molecule has 1 atom stereocenters. The van der Waals surface area contributed by atoms with E-state index >= 15 is 0 Å². The lowest BCUT2D eigenvalue weighted by Crippen LogP contribution is -2.21. The number of alkyl halides is 5. The SMILES string of the molecule is CC(F)(F)C(C=Cc1ccc(C(=O)O)c(C(F)(F)F)c1)c1cc(F)c(F)c(F)c1. The van der Waals surface area contributed by atoms with Gasteiger partial charge in [0, 0.05) is 6.92 Å². The van der Waals surface area contributed by atoms with Gasteiger partial charge in [-0.25, -0.2) is 26.7 Å². The molecule has 29 heavy (non-hydrogen) atoms. The summed E-state index contributed by atoms with van der Waals surface area (Å²) in [5.74, 6) is -12.7. The molecule has 0 saturated carbocycles. The maximum absolute atomic E-state index is 13.9. The molecule has 2 rings (SSSR count). The number of hydrogen-bond donors (Lipinski definition) is 1. The van der Waals surface area contributed by atoms with Gasteiger partial charge in [-0.3, -0.25) is 0 Å². The van der Waals surface area contributed by atoms with Crippen LogP contribution < -0.4 is 0 Å². The summed E-state index contributed by atoms with van der Waals surface area (Å²) in [4.78, 5) is 10.9. The van der Waals surface area contributed by atoms with Crippen LogP contribution in [0.25, 0.3) is 6.08 Å². The molecular formula is C19H12F8O2. The lowest BCUT2D eigenvalue weighted by Gasteiger charge is -2.21. The highest BCUT2D eigenvalue weighted by atomic mass is 19.4. The predicted molar refractivity (Wildman–Crippen MR) is 87.1 cm³/mol. The highest BCUT2D eigenvalue weighted by Crippen LogP contribution is 2.37. The third kappa shape index (κ3) is 5.12. The van der Waals surface area contributed by atoms with Crippen LogP contribution in [0, 0.1) is 17.5 Å². The summed E-state index contributed by atoms with van der Waals surface area (Å²) in [6, 6.07) is 2.77. The first kappa shape index (κ1) is 22.4. The van der Waals surface area contributed by atoms with E-state index in [0.717, 1.165) is 12.1 Å². The smallest absolute Gasteiger partial charge is 0.417 e. The summed E-state index contributed by atoms with van der Waals surface area (Å²) in [6.45, 7) is 0.413. The number of benzene rings is 2. The first-order valence-corrected chi connectivity index (χ1v) is 7.87. The van der Waals surface area contributed by atoms with Gasteiger partial charge >= 0.3 is 12.1 Å². The summed E-state index contributed by atoms with van der Waals surface area (Å²) < 4.78 is 107. The number of carbonyl (C=O) groups is 1. The maximum atomic E-state index is 13.9. The molecule has 0 aliphatic rings. The van der Waals surface area contributed by atoms with Crippen molar-refractivity contribution < 1.29 is 45.0 Å². The molecule has 0 aromatic heterocycles. The van der Waals surface area contributed by atoms with Crippen LogP contribution in [0.1, 0.15) is 39.9 Å². The summed E-state index contributed by atoms with van der Waals surface area (Å²) >= 11 is 0. The van der Waals surface area contributed by atoms with Gasteiger partial charge in [0.1, 0.15) is 0 Å². The van der Waals surface area contributed by atoms with Gasteiger partial charge in [0.2, 0.25) is 0 Å². The normalized spacial score (nSPS) is 13.7. The summed E-state index contributed by atoms with van der Waals surface area (Å²) in [5.41, 5.74) is -3.44. The van der Waals surface area contributed by atoms with Crippen molar-refractivity contribution in [3.8, 4) is 0 Å². The molecule has 1 unspecified atom stereocenters. The number of halogens is 8. The van der Waals surface area contributed by atoms with Crippen molar-refractivity contribution >= 4 is 12.0 Å². The minimum absolute atomic E-state index is 0.278. The van der Waals surface area contributed by atoms with E-state index in [1.54, 1.807) is 0 Å². The largest absolute Gasteiger partial charge is 0.478 e. The number of carboxylic acid groups (broad SMARTS) is 1. The molecule has 0 bridgehead atoms. The van der Waals surface area contributed by atoms with E-state index in [4.69, 9.17) is 5.11 Å². The van der Waals surface area contributed by atoms with Crippen LogP contribution in [0.2, 0.25) is 0 Å². The Morgan fingerprint density at radius 3 is 2.00 bits per heavy atom. The van der Waals surface area contributed by atoms with Crippen molar-refractivity contribution in [3.63, 3.8) is 0 Å². The zero-order valence-corrected chi connectivity index (χ0v) is 14.5. The zero-order chi connectivity index (χ0) is 22.1. The van der Waals surface area contributed by atoms with Crippen LogP contribution in [0.15, 0.2) is 36.4 Å². The van der Waals surface area contributed by atoms with E-state index in [-0.39, 0.29) is 5.56 Å². The molecule has 0 aliphatic heterocycles. The molecule has 2 nitrogen and oxygen atoms in total. The first-order chi connectivity index (χ1) is 13.2. The van der Waals surface area contributed by atoms with Gasteiger partial charge in [-0.2, -0.15) is 13.2 Å². The fourth-order valence-electron chi connectivity index (χ4n) is 2.62. The Bertz CT molecular complexity index is 935. The number of carboxylic acids is 1. The van der Waals surface area contributed by atoms with Crippen LogP contribution in [-0.4, -0.2) is 17.0 Å². The molecule has 156 valence electrons. The van der Waals surface area contributed by atoms with Crippen LogP contribution >= 0.6 is 0 Å². The number of aromatic carboxylic acids is 1. The van der Waals surface area contributed by atoms with Gasteiger partial charge in [0.05, 0.1) is 17.0 Å². The molecular weight excluding hydrogens is 412 g/mol. The topological polar surface area (TPSA) is 37.3 Å². The molecule has 0 saturated heterocycles. The second-order valence-electron chi connectivity index (χ2n) is 6.20. The minimum atomic E-state index is -5.02. The van der Waals surface area contributed by atoms with E-state index in [1.807, 2.05) is 0 Å².